The summed E-state index contributed by atoms with van der Waals surface area (Å²) in [4.78, 5) is 12.6. The van der Waals surface area contributed by atoms with E-state index >= 15 is 0 Å². The first kappa shape index (κ1) is 21.1. The summed E-state index contributed by atoms with van der Waals surface area (Å²) in [6, 6.07) is 7.08. The summed E-state index contributed by atoms with van der Waals surface area (Å²) in [5.41, 5.74) is 0.527. The van der Waals surface area contributed by atoms with Crippen LogP contribution < -0.4 is 10.1 Å². The maximum atomic E-state index is 12.6. The fraction of sp³-hybridized carbons (Fsp3) is 0.455. The van der Waals surface area contributed by atoms with E-state index in [9.17, 15) is 4.79 Å². The lowest BCUT2D eigenvalue weighted by Crippen LogP contribution is -2.74. The highest BCUT2D eigenvalue weighted by molar-refractivity contribution is 6.31. The Hall–Kier alpha value is -2.25. The lowest BCUT2D eigenvalue weighted by atomic mass is 9.49. The van der Waals surface area contributed by atoms with E-state index in [1.807, 2.05) is 26.0 Å². The van der Waals surface area contributed by atoms with Crippen LogP contribution in [0.3, 0.4) is 0 Å². The quantitative estimate of drug-likeness (QED) is 0.570. The Morgan fingerprint density at radius 2 is 1.89 bits per heavy atom. The number of nitrogens with zero attached hydrogens (tertiary/aromatic N) is 1. The molecule has 144 valence electrons. The number of carbonyl (C=O) groups excluding carboxylic acids is 1. The molecular formula is C22H27ClN2O2. The van der Waals surface area contributed by atoms with E-state index in [0.29, 0.717) is 21.9 Å². The molecule has 2 rings (SSSR count). The number of ether oxygens (including phenoxy) is 1. The molecule has 0 bridgehead atoms. The van der Waals surface area contributed by atoms with Crippen LogP contribution >= 0.6 is 11.6 Å². The standard InChI is InChI=1S/C22H27ClN2O2/c1-7-9-14(8-2)18(26)25-19-21(3,4)20(22(19,5)6)27-16-11-10-15(13-24)17(23)12-16/h7-12,19-20H,1-6H3,(H,25,26)/b9-7-,14-8+/t19-,20-. The van der Waals surface area contributed by atoms with Gasteiger partial charge in [-0.25, -0.2) is 0 Å². The summed E-state index contributed by atoms with van der Waals surface area (Å²) >= 11 is 6.12. The first-order valence-corrected chi connectivity index (χ1v) is 9.43. The normalized spacial score (nSPS) is 23.4. The minimum atomic E-state index is -0.270. The van der Waals surface area contributed by atoms with Crippen molar-refractivity contribution in [3.8, 4) is 11.8 Å². The second-order valence-corrected chi connectivity index (χ2v) is 8.45. The van der Waals surface area contributed by atoms with Gasteiger partial charge in [0, 0.05) is 28.5 Å². The predicted molar refractivity (Wildman–Crippen MR) is 109 cm³/mol. The maximum absolute atomic E-state index is 12.6. The summed E-state index contributed by atoms with van der Waals surface area (Å²) in [6.07, 6.45) is 5.35. The van der Waals surface area contributed by atoms with Crippen molar-refractivity contribution in [3.63, 3.8) is 0 Å². The van der Waals surface area contributed by atoms with Gasteiger partial charge < -0.3 is 10.1 Å². The van der Waals surface area contributed by atoms with Gasteiger partial charge in [-0.1, -0.05) is 57.5 Å². The van der Waals surface area contributed by atoms with E-state index < -0.39 is 0 Å². The van der Waals surface area contributed by atoms with Crippen LogP contribution in [-0.4, -0.2) is 18.1 Å². The molecule has 0 aliphatic heterocycles. The summed E-state index contributed by atoms with van der Waals surface area (Å²) in [7, 11) is 0. The van der Waals surface area contributed by atoms with Crippen LogP contribution in [0.2, 0.25) is 5.02 Å². The van der Waals surface area contributed by atoms with Crippen molar-refractivity contribution in [2.45, 2.75) is 53.7 Å². The highest BCUT2D eigenvalue weighted by Crippen LogP contribution is 2.55. The first-order valence-electron chi connectivity index (χ1n) is 9.05. The van der Waals surface area contributed by atoms with E-state index in [1.165, 1.54) is 0 Å². The van der Waals surface area contributed by atoms with Gasteiger partial charge >= 0.3 is 0 Å². The average Bonchev–Trinajstić information content (AvgIpc) is 2.61. The molecule has 1 saturated carbocycles. The maximum Gasteiger partial charge on any atom is 0.251 e. The minimum absolute atomic E-state index is 0.0449. The van der Waals surface area contributed by atoms with E-state index in [1.54, 1.807) is 30.4 Å². The zero-order valence-electron chi connectivity index (χ0n) is 16.8. The second kappa shape index (κ2) is 7.78. The van der Waals surface area contributed by atoms with Crippen molar-refractivity contribution in [3.05, 3.63) is 52.6 Å². The lowest BCUT2D eigenvalue weighted by Gasteiger charge is -2.63. The number of hydrogen-bond acceptors (Lipinski definition) is 3. The van der Waals surface area contributed by atoms with Crippen molar-refractivity contribution in [2.24, 2.45) is 10.8 Å². The molecule has 1 fully saturated rings. The monoisotopic (exact) mass is 386 g/mol. The summed E-state index contributed by atoms with van der Waals surface area (Å²) in [6.45, 7) is 12.1. The Kier molecular flexibility index (Phi) is 6.07. The zero-order valence-corrected chi connectivity index (χ0v) is 17.5. The van der Waals surface area contributed by atoms with Gasteiger partial charge in [0.1, 0.15) is 17.9 Å². The number of hydrogen-bond donors (Lipinski definition) is 1. The first-order chi connectivity index (χ1) is 12.6. The molecule has 0 saturated heterocycles. The number of halogens is 1. The number of carbonyl (C=O) groups is 1. The second-order valence-electron chi connectivity index (χ2n) is 8.04. The fourth-order valence-electron chi connectivity index (χ4n) is 4.29. The van der Waals surface area contributed by atoms with Crippen LogP contribution in [-0.2, 0) is 4.79 Å². The molecule has 0 atom stereocenters. The van der Waals surface area contributed by atoms with Crippen molar-refractivity contribution in [2.75, 3.05) is 0 Å². The predicted octanol–water partition coefficient (Wildman–Crippen LogP) is 5.03. The molecule has 4 nitrogen and oxygen atoms in total. The molecule has 1 aromatic rings. The molecule has 5 heteroatoms. The van der Waals surface area contributed by atoms with Gasteiger partial charge in [-0.15, -0.1) is 0 Å². The van der Waals surface area contributed by atoms with Gasteiger partial charge in [0.15, 0.2) is 0 Å². The third-order valence-corrected chi connectivity index (χ3v) is 5.66. The summed E-state index contributed by atoms with van der Waals surface area (Å²) < 4.78 is 6.23. The number of rotatable bonds is 5. The van der Waals surface area contributed by atoms with Gasteiger partial charge in [0.05, 0.1) is 10.6 Å². The average molecular weight is 387 g/mol. The molecule has 0 unspecified atom stereocenters. The van der Waals surface area contributed by atoms with E-state index in [4.69, 9.17) is 21.6 Å². The van der Waals surface area contributed by atoms with Crippen molar-refractivity contribution in [1.82, 2.24) is 5.32 Å². The molecule has 0 spiro atoms. The zero-order chi connectivity index (χ0) is 20.4. The molecule has 1 amide bonds. The largest absolute Gasteiger partial charge is 0.489 e. The SMILES string of the molecule is C/C=C\C(=C/C)C(=O)N[C@H]1C(C)(C)[C@H](Oc2ccc(C#N)c(Cl)c2)C1(C)C. The number of amides is 1. The molecule has 0 radical (unpaired) electrons. The number of allylic oxidation sites excluding steroid dienone is 2. The highest BCUT2D eigenvalue weighted by atomic mass is 35.5. The molecule has 1 aromatic carbocycles. The number of benzene rings is 1. The van der Waals surface area contributed by atoms with Gasteiger partial charge in [-0.3, -0.25) is 4.79 Å². The Bertz CT molecular complexity index is 815. The van der Waals surface area contributed by atoms with Crippen LogP contribution in [0.15, 0.2) is 42.0 Å². The molecule has 0 aromatic heterocycles. The van der Waals surface area contributed by atoms with Gasteiger partial charge in [0.25, 0.3) is 5.91 Å². The topological polar surface area (TPSA) is 62.1 Å². The minimum Gasteiger partial charge on any atom is -0.489 e. The molecule has 1 aliphatic carbocycles. The Morgan fingerprint density at radius 3 is 2.37 bits per heavy atom. The van der Waals surface area contributed by atoms with Crippen LogP contribution in [0.1, 0.15) is 47.1 Å². The van der Waals surface area contributed by atoms with Crippen molar-refractivity contribution >= 4 is 17.5 Å². The Labute approximate surface area is 166 Å². The molecule has 27 heavy (non-hydrogen) atoms. The Balaban J connectivity index is 2.19. The van der Waals surface area contributed by atoms with E-state index in [0.717, 1.165) is 0 Å². The van der Waals surface area contributed by atoms with Crippen molar-refractivity contribution in [1.29, 1.82) is 5.26 Å². The van der Waals surface area contributed by atoms with Crippen LogP contribution in [0.5, 0.6) is 5.75 Å². The highest BCUT2D eigenvalue weighted by Gasteiger charge is 2.64. The van der Waals surface area contributed by atoms with E-state index in [2.05, 4.69) is 33.0 Å². The van der Waals surface area contributed by atoms with Gasteiger partial charge in [0.2, 0.25) is 0 Å². The lowest BCUT2D eigenvalue weighted by molar-refractivity contribution is -0.172. The van der Waals surface area contributed by atoms with E-state index in [-0.39, 0.29) is 28.9 Å². The van der Waals surface area contributed by atoms with Crippen LogP contribution in [0, 0.1) is 22.2 Å². The third kappa shape index (κ3) is 3.89. The fourth-order valence-corrected chi connectivity index (χ4v) is 4.51. The summed E-state index contributed by atoms with van der Waals surface area (Å²) in [5, 5.41) is 12.6. The number of nitrogens with one attached hydrogen (secondary N) is 1. The smallest absolute Gasteiger partial charge is 0.251 e. The van der Waals surface area contributed by atoms with Gasteiger partial charge in [-0.05, 0) is 26.0 Å². The van der Waals surface area contributed by atoms with Gasteiger partial charge in [-0.2, -0.15) is 5.26 Å². The molecular weight excluding hydrogens is 360 g/mol. The Morgan fingerprint density at radius 1 is 1.26 bits per heavy atom. The third-order valence-electron chi connectivity index (χ3n) is 5.35. The van der Waals surface area contributed by atoms with Crippen molar-refractivity contribution < 1.29 is 9.53 Å². The summed E-state index contributed by atoms with van der Waals surface area (Å²) in [5.74, 6) is 0.541. The molecule has 1 aliphatic rings. The molecule has 1 N–H and O–H groups in total. The number of nitriles is 1. The van der Waals surface area contributed by atoms with Crippen LogP contribution in [0.4, 0.5) is 0 Å². The van der Waals surface area contributed by atoms with Crippen LogP contribution in [0.25, 0.3) is 0 Å². The molecule has 0 heterocycles.